The van der Waals surface area contributed by atoms with Gasteiger partial charge in [-0.3, -0.25) is 0 Å². The molecule has 112 valence electrons. The van der Waals surface area contributed by atoms with Crippen molar-refractivity contribution in [2.45, 2.75) is 6.42 Å². The third-order valence-corrected chi connectivity index (χ3v) is 3.93. The van der Waals surface area contributed by atoms with E-state index in [-0.39, 0.29) is 6.54 Å². The van der Waals surface area contributed by atoms with Crippen LogP contribution >= 0.6 is 15.9 Å². The van der Waals surface area contributed by atoms with Crippen LogP contribution in [0.3, 0.4) is 0 Å². The summed E-state index contributed by atoms with van der Waals surface area (Å²) < 4.78 is 10.5. The molecule has 0 spiro atoms. The molecule has 0 aliphatic carbocycles. The molecule has 6 heteroatoms. The Balaban J connectivity index is 2.38. The molecule has 1 aliphatic heterocycles. The number of benzene rings is 1. The number of nitrogens with zero attached hydrogens (tertiary/aromatic N) is 1. The molecule has 2 rings (SSSR count). The molecule has 1 amide bonds. The van der Waals surface area contributed by atoms with Crippen molar-refractivity contribution in [3.63, 3.8) is 0 Å². The summed E-state index contributed by atoms with van der Waals surface area (Å²) in [6.07, 6.45) is 0.146. The maximum atomic E-state index is 12.0. The Kier molecular flexibility index (Phi) is 5.01. The lowest BCUT2D eigenvalue weighted by Gasteiger charge is -2.29. The van der Waals surface area contributed by atoms with Gasteiger partial charge >= 0.3 is 12.1 Å². The molecule has 0 unspecified atom stereocenters. The van der Waals surface area contributed by atoms with Crippen LogP contribution in [-0.4, -0.2) is 44.3 Å². The van der Waals surface area contributed by atoms with Gasteiger partial charge in [-0.1, -0.05) is 28.1 Å². The van der Waals surface area contributed by atoms with Crippen LogP contribution in [0.15, 0.2) is 34.3 Å². The third kappa shape index (κ3) is 3.44. The van der Waals surface area contributed by atoms with E-state index in [1.54, 1.807) is 0 Å². The van der Waals surface area contributed by atoms with Gasteiger partial charge in [-0.25, -0.2) is 9.59 Å². The number of carbonyl (C=O) groups is 2. The van der Waals surface area contributed by atoms with Crippen molar-refractivity contribution in [2.24, 2.45) is 0 Å². The molecule has 1 aromatic rings. The van der Waals surface area contributed by atoms with Crippen LogP contribution in [0.2, 0.25) is 0 Å². The fraction of sp³-hybridized carbons (Fsp3) is 0.333. The minimum Gasteiger partial charge on any atom is -0.466 e. The highest BCUT2D eigenvalue weighted by molar-refractivity contribution is 9.10. The van der Waals surface area contributed by atoms with Crippen LogP contribution in [-0.2, 0) is 14.3 Å². The van der Waals surface area contributed by atoms with Crippen molar-refractivity contribution in [3.05, 3.63) is 39.9 Å². The van der Waals surface area contributed by atoms with Crippen molar-refractivity contribution in [3.8, 4) is 0 Å². The molecular formula is C15H16BrNO4. The predicted molar refractivity (Wildman–Crippen MR) is 81.7 cm³/mol. The zero-order chi connectivity index (χ0) is 15.4. The van der Waals surface area contributed by atoms with Crippen LogP contribution in [0.1, 0.15) is 12.0 Å². The van der Waals surface area contributed by atoms with Gasteiger partial charge in [0.2, 0.25) is 0 Å². The van der Waals surface area contributed by atoms with E-state index in [1.165, 1.54) is 19.1 Å². The molecule has 0 saturated heterocycles. The van der Waals surface area contributed by atoms with Crippen molar-refractivity contribution in [1.29, 1.82) is 0 Å². The highest BCUT2D eigenvalue weighted by atomic mass is 79.9. The molecule has 1 aromatic carbocycles. The normalized spacial score (nSPS) is 14.9. The summed E-state index contributed by atoms with van der Waals surface area (Å²) >= 11 is 3.39. The first-order valence-corrected chi connectivity index (χ1v) is 7.25. The van der Waals surface area contributed by atoms with Crippen LogP contribution in [0.5, 0.6) is 0 Å². The average molecular weight is 354 g/mol. The second-order valence-corrected chi connectivity index (χ2v) is 5.51. The molecule has 1 heterocycles. The van der Waals surface area contributed by atoms with E-state index in [1.807, 2.05) is 24.3 Å². The largest absolute Gasteiger partial charge is 0.466 e. The maximum Gasteiger partial charge on any atom is 0.409 e. The number of hydrogen-bond acceptors (Lipinski definition) is 4. The van der Waals surface area contributed by atoms with Gasteiger partial charge in [-0.05, 0) is 29.7 Å². The van der Waals surface area contributed by atoms with E-state index < -0.39 is 12.1 Å². The molecule has 0 bridgehead atoms. The van der Waals surface area contributed by atoms with Gasteiger partial charge in [-0.15, -0.1) is 0 Å². The van der Waals surface area contributed by atoms with Gasteiger partial charge in [0, 0.05) is 11.0 Å². The van der Waals surface area contributed by atoms with Gasteiger partial charge < -0.3 is 14.4 Å². The minimum atomic E-state index is -0.439. The standard InChI is InChI=1S/C15H16BrNO4/c1-20-14(18)13-9-17(15(19)21-2)8-7-12(13)10-3-5-11(16)6-4-10/h3-6H,7-9H2,1-2H3. The van der Waals surface area contributed by atoms with E-state index in [4.69, 9.17) is 9.47 Å². The fourth-order valence-corrected chi connectivity index (χ4v) is 2.59. The van der Waals surface area contributed by atoms with Crippen LogP contribution < -0.4 is 0 Å². The SMILES string of the molecule is COC(=O)C1=C(c2ccc(Br)cc2)CCN(C(=O)OC)C1. The van der Waals surface area contributed by atoms with Gasteiger partial charge in [0.1, 0.15) is 0 Å². The topological polar surface area (TPSA) is 55.8 Å². The molecule has 0 atom stereocenters. The Labute approximate surface area is 131 Å². The molecule has 0 aromatic heterocycles. The number of amides is 1. The molecule has 1 aliphatic rings. The molecule has 0 N–H and O–H groups in total. The summed E-state index contributed by atoms with van der Waals surface area (Å²) in [5, 5.41) is 0. The van der Waals surface area contributed by atoms with E-state index in [9.17, 15) is 9.59 Å². The Morgan fingerprint density at radius 2 is 1.81 bits per heavy atom. The third-order valence-electron chi connectivity index (χ3n) is 3.40. The smallest absolute Gasteiger partial charge is 0.409 e. The maximum absolute atomic E-state index is 12.0. The Hall–Kier alpha value is -1.82. The number of hydrogen-bond donors (Lipinski definition) is 0. The number of rotatable bonds is 2. The monoisotopic (exact) mass is 353 g/mol. The zero-order valence-corrected chi connectivity index (χ0v) is 13.5. The van der Waals surface area contributed by atoms with Gasteiger partial charge in [-0.2, -0.15) is 0 Å². The van der Waals surface area contributed by atoms with Crippen molar-refractivity contribution >= 4 is 33.6 Å². The summed E-state index contributed by atoms with van der Waals surface area (Å²) in [5.74, 6) is -0.415. The van der Waals surface area contributed by atoms with E-state index in [0.717, 1.165) is 15.6 Å². The summed E-state index contributed by atoms with van der Waals surface area (Å²) in [4.78, 5) is 25.1. The first-order valence-electron chi connectivity index (χ1n) is 6.46. The molecule has 0 radical (unpaired) electrons. The number of carbonyl (C=O) groups excluding carboxylic acids is 2. The van der Waals surface area contributed by atoms with Crippen molar-refractivity contribution < 1.29 is 19.1 Å². The van der Waals surface area contributed by atoms with E-state index >= 15 is 0 Å². The molecule has 0 fully saturated rings. The lowest BCUT2D eigenvalue weighted by molar-refractivity contribution is -0.136. The second kappa shape index (κ2) is 6.76. The second-order valence-electron chi connectivity index (χ2n) is 4.60. The highest BCUT2D eigenvalue weighted by Gasteiger charge is 2.28. The van der Waals surface area contributed by atoms with Crippen molar-refractivity contribution in [2.75, 3.05) is 27.3 Å². The summed E-state index contributed by atoms with van der Waals surface area (Å²) in [7, 11) is 2.67. The van der Waals surface area contributed by atoms with Gasteiger partial charge in [0.05, 0.1) is 26.3 Å². The summed E-state index contributed by atoms with van der Waals surface area (Å²) in [6.45, 7) is 0.712. The Morgan fingerprint density at radius 1 is 1.14 bits per heavy atom. The van der Waals surface area contributed by atoms with Gasteiger partial charge in [0.15, 0.2) is 0 Å². The van der Waals surface area contributed by atoms with Crippen molar-refractivity contribution in [1.82, 2.24) is 4.90 Å². The van der Waals surface area contributed by atoms with E-state index in [2.05, 4.69) is 15.9 Å². The molecule has 21 heavy (non-hydrogen) atoms. The summed E-state index contributed by atoms with van der Waals surface area (Å²) in [6, 6.07) is 7.72. The van der Waals surface area contributed by atoms with Crippen LogP contribution in [0.25, 0.3) is 5.57 Å². The Bertz CT molecular complexity index is 580. The van der Waals surface area contributed by atoms with Crippen LogP contribution in [0, 0.1) is 0 Å². The fourth-order valence-electron chi connectivity index (χ4n) is 2.33. The average Bonchev–Trinajstić information content (AvgIpc) is 2.53. The first kappa shape index (κ1) is 15.6. The number of esters is 1. The molecule has 5 nitrogen and oxygen atoms in total. The van der Waals surface area contributed by atoms with Crippen LogP contribution in [0.4, 0.5) is 4.79 Å². The zero-order valence-electron chi connectivity index (χ0n) is 11.9. The first-order chi connectivity index (χ1) is 10.1. The molecular weight excluding hydrogens is 338 g/mol. The highest BCUT2D eigenvalue weighted by Crippen LogP contribution is 2.29. The number of halogens is 1. The lowest BCUT2D eigenvalue weighted by atomic mass is 9.93. The van der Waals surface area contributed by atoms with E-state index in [0.29, 0.717) is 18.5 Å². The predicted octanol–water partition coefficient (Wildman–Crippen LogP) is 2.85. The minimum absolute atomic E-state index is 0.199. The Morgan fingerprint density at radius 3 is 2.38 bits per heavy atom. The molecule has 0 saturated carbocycles. The number of methoxy groups -OCH3 is 2. The quantitative estimate of drug-likeness (QED) is 0.767. The van der Waals surface area contributed by atoms with Gasteiger partial charge in [0.25, 0.3) is 0 Å². The lowest BCUT2D eigenvalue weighted by Crippen LogP contribution is -2.38. The summed E-state index contributed by atoms with van der Waals surface area (Å²) in [5.41, 5.74) is 2.37. The number of ether oxygens (including phenoxy) is 2.